The summed E-state index contributed by atoms with van der Waals surface area (Å²) < 4.78 is 5.58. The monoisotopic (exact) mass is 371 g/mol. The van der Waals surface area contributed by atoms with E-state index in [1.807, 2.05) is 38.1 Å². The van der Waals surface area contributed by atoms with Crippen LogP contribution in [0.3, 0.4) is 0 Å². The van der Waals surface area contributed by atoms with E-state index in [1.165, 1.54) is 7.11 Å². The zero-order valence-corrected chi connectivity index (χ0v) is 14.6. The molecule has 1 amide bonds. The van der Waals surface area contributed by atoms with Crippen LogP contribution in [-0.2, 0) is 20.7 Å². The normalized spacial score (nSPS) is 13.5. The summed E-state index contributed by atoms with van der Waals surface area (Å²) in [4.78, 5) is 23.9. The first-order chi connectivity index (χ1) is 10.3. The summed E-state index contributed by atoms with van der Waals surface area (Å²) in [6.45, 7) is 3.82. The van der Waals surface area contributed by atoms with Gasteiger partial charge in [0.05, 0.1) is 7.11 Å². The molecule has 5 nitrogen and oxygen atoms in total. The number of halogens is 1. The number of rotatable bonds is 7. The molecule has 22 heavy (non-hydrogen) atoms. The summed E-state index contributed by atoms with van der Waals surface area (Å²) in [6.07, 6.45) is -0.505. The molecule has 0 spiro atoms. The van der Waals surface area contributed by atoms with Crippen molar-refractivity contribution in [2.45, 2.75) is 38.8 Å². The molecule has 0 aromatic heterocycles. The smallest absolute Gasteiger partial charge is 0.328 e. The molecule has 0 unspecified atom stereocenters. The number of ether oxygens (including phenoxy) is 1. The van der Waals surface area contributed by atoms with Crippen LogP contribution in [0.5, 0.6) is 0 Å². The molecule has 6 heteroatoms. The Morgan fingerprint density at radius 1 is 1.32 bits per heavy atom. The van der Waals surface area contributed by atoms with Crippen LogP contribution < -0.4 is 5.32 Å². The lowest BCUT2D eigenvalue weighted by molar-refractivity contribution is -0.146. The number of carbonyl (C=O) groups is 2. The minimum Gasteiger partial charge on any atom is -0.467 e. The molecule has 0 aliphatic rings. The van der Waals surface area contributed by atoms with E-state index in [-0.39, 0.29) is 12.3 Å². The van der Waals surface area contributed by atoms with Crippen LogP contribution in [0.2, 0.25) is 0 Å². The van der Waals surface area contributed by atoms with Crippen LogP contribution in [0.25, 0.3) is 0 Å². The molecule has 0 fully saturated rings. The molecule has 0 aliphatic heterocycles. The topological polar surface area (TPSA) is 75.6 Å². The number of nitrogens with one attached hydrogen (secondary N) is 1. The summed E-state index contributed by atoms with van der Waals surface area (Å²) in [5, 5.41) is 12.4. The van der Waals surface area contributed by atoms with Crippen molar-refractivity contribution in [3.63, 3.8) is 0 Å². The van der Waals surface area contributed by atoms with E-state index in [9.17, 15) is 14.7 Å². The predicted molar refractivity (Wildman–Crippen MR) is 87.3 cm³/mol. The van der Waals surface area contributed by atoms with Gasteiger partial charge in [-0.1, -0.05) is 48.0 Å². The Hall–Kier alpha value is -1.40. The van der Waals surface area contributed by atoms with Crippen molar-refractivity contribution < 1.29 is 19.4 Å². The van der Waals surface area contributed by atoms with Gasteiger partial charge in [-0.25, -0.2) is 4.79 Å². The van der Waals surface area contributed by atoms with Crippen LogP contribution in [-0.4, -0.2) is 36.2 Å². The Morgan fingerprint density at radius 3 is 2.50 bits per heavy atom. The van der Waals surface area contributed by atoms with Gasteiger partial charge in [-0.2, -0.15) is 0 Å². The van der Waals surface area contributed by atoms with E-state index in [1.54, 1.807) is 0 Å². The molecule has 1 rings (SSSR count). The van der Waals surface area contributed by atoms with E-state index in [0.29, 0.717) is 6.42 Å². The fourth-order valence-corrected chi connectivity index (χ4v) is 2.49. The van der Waals surface area contributed by atoms with Crippen molar-refractivity contribution in [2.75, 3.05) is 7.11 Å². The first-order valence-corrected chi connectivity index (χ1v) is 7.94. The number of esters is 1. The van der Waals surface area contributed by atoms with Crippen molar-refractivity contribution in [1.29, 1.82) is 0 Å². The third kappa shape index (κ3) is 5.77. The molecule has 122 valence electrons. The van der Waals surface area contributed by atoms with Gasteiger partial charge in [0.15, 0.2) is 0 Å². The minimum atomic E-state index is -1.13. The maximum Gasteiger partial charge on any atom is 0.328 e. The standard InChI is InChI=1S/C16H22BrNO4/c1-10(2)8-14(19)15(20)18-13(16(21)22-3)9-11-6-4-5-7-12(11)17/h4-7,10,13-14,19H,8-9H2,1-3H3,(H,18,20)/t13-,14+/m1/s1. The number of methoxy groups -OCH3 is 1. The highest BCUT2D eigenvalue weighted by molar-refractivity contribution is 9.10. The fraction of sp³-hybridized carbons (Fsp3) is 0.500. The van der Waals surface area contributed by atoms with Gasteiger partial charge in [0.1, 0.15) is 12.1 Å². The number of aliphatic hydroxyl groups is 1. The molecule has 2 N–H and O–H groups in total. The summed E-state index contributed by atoms with van der Waals surface area (Å²) in [6, 6.07) is 6.60. The largest absolute Gasteiger partial charge is 0.467 e. The summed E-state index contributed by atoms with van der Waals surface area (Å²) in [5.41, 5.74) is 0.872. The first kappa shape index (κ1) is 18.6. The van der Waals surface area contributed by atoms with Crippen LogP contribution in [0.1, 0.15) is 25.8 Å². The zero-order chi connectivity index (χ0) is 16.7. The number of benzene rings is 1. The van der Waals surface area contributed by atoms with Crippen LogP contribution >= 0.6 is 15.9 Å². The van der Waals surface area contributed by atoms with Gasteiger partial charge in [0, 0.05) is 10.9 Å². The second-order valence-corrected chi connectivity index (χ2v) is 6.38. The number of aliphatic hydroxyl groups excluding tert-OH is 1. The average Bonchev–Trinajstić information content (AvgIpc) is 2.47. The van der Waals surface area contributed by atoms with Gasteiger partial charge in [-0.05, 0) is 24.0 Å². The van der Waals surface area contributed by atoms with Crippen molar-refractivity contribution >= 4 is 27.8 Å². The van der Waals surface area contributed by atoms with Crippen molar-refractivity contribution in [1.82, 2.24) is 5.32 Å². The first-order valence-electron chi connectivity index (χ1n) is 7.14. The molecule has 2 atom stereocenters. The molecular weight excluding hydrogens is 350 g/mol. The van der Waals surface area contributed by atoms with Crippen molar-refractivity contribution in [2.24, 2.45) is 5.92 Å². The van der Waals surface area contributed by atoms with Crippen LogP contribution in [0.15, 0.2) is 28.7 Å². The lowest BCUT2D eigenvalue weighted by atomic mass is 10.0. The second kappa shape index (κ2) is 8.90. The van der Waals surface area contributed by atoms with Crippen molar-refractivity contribution in [3.05, 3.63) is 34.3 Å². The SMILES string of the molecule is COC(=O)[C@@H](Cc1ccccc1Br)NC(=O)[C@@H](O)CC(C)C. The van der Waals surface area contributed by atoms with Gasteiger partial charge in [0.25, 0.3) is 0 Å². The molecular formula is C16H22BrNO4. The van der Waals surface area contributed by atoms with Gasteiger partial charge in [0.2, 0.25) is 5.91 Å². The quantitative estimate of drug-likeness (QED) is 0.719. The van der Waals surface area contributed by atoms with E-state index < -0.39 is 24.0 Å². The van der Waals surface area contributed by atoms with Gasteiger partial charge < -0.3 is 15.2 Å². The number of carbonyl (C=O) groups excluding carboxylic acids is 2. The second-order valence-electron chi connectivity index (χ2n) is 5.53. The van der Waals surface area contributed by atoms with E-state index in [2.05, 4.69) is 21.2 Å². The molecule has 0 bridgehead atoms. The highest BCUT2D eigenvalue weighted by Gasteiger charge is 2.26. The molecule has 1 aromatic carbocycles. The summed E-state index contributed by atoms with van der Waals surface area (Å²) in [7, 11) is 1.27. The van der Waals surface area contributed by atoms with Crippen LogP contribution in [0, 0.1) is 5.92 Å². The molecule has 0 radical (unpaired) electrons. The number of amides is 1. The Balaban J connectivity index is 2.79. The highest BCUT2D eigenvalue weighted by Crippen LogP contribution is 2.18. The Morgan fingerprint density at radius 2 is 1.95 bits per heavy atom. The zero-order valence-electron chi connectivity index (χ0n) is 13.0. The number of hydrogen-bond acceptors (Lipinski definition) is 4. The third-order valence-electron chi connectivity index (χ3n) is 3.18. The molecule has 0 saturated heterocycles. The Kier molecular flexibility index (Phi) is 7.55. The fourth-order valence-electron chi connectivity index (χ4n) is 2.04. The molecule has 0 aliphatic carbocycles. The lowest BCUT2D eigenvalue weighted by Gasteiger charge is -2.20. The summed E-state index contributed by atoms with van der Waals surface area (Å²) >= 11 is 3.41. The maximum atomic E-state index is 12.0. The lowest BCUT2D eigenvalue weighted by Crippen LogP contribution is -2.47. The average molecular weight is 372 g/mol. The Bertz CT molecular complexity index is 519. The van der Waals surface area contributed by atoms with E-state index in [4.69, 9.17) is 4.74 Å². The Labute approximate surface area is 139 Å². The predicted octanol–water partition coefficient (Wildman–Crippen LogP) is 2.06. The molecule has 0 heterocycles. The van der Waals surface area contributed by atoms with E-state index >= 15 is 0 Å². The minimum absolute atomic E-state index is 0.181. The van der Waals surface area contributed by atoms with Gasteiger partial charge in [-0.3, -0.25) is 4.79 Å². The third-order valence-corrected chi connectivity index (χ3v) is 3.96. The molecule has 1 aromatic rings. The van der Waals surface area contributed by atoms with E-state index in [0.717, 1.165) is 10.0 Å². The highest BCUT2D eigenvalue weighted by atomic mass is 79.9. The van der Waals surface area contributed by atoms with Gasteiger partial charge in [-0.15, -0.1) is 0 Å². The number of hydrogen-bond donors (Lipinski definition) is 2. The molecule has 0 saturated carbocycles. The summed E-state index contributed by atoms with van der Waals surface area (Å²) in [5.74, 6) is -0.919. The van der Waals surface area contributed by atoms with Gasteiger partial charge >= 0.3 is 5.97 Å². The van der Waals surface area contributed by atoms with Crippen LogP contribution in [0.4, 0.5) is 0 Å². The van der Waals surface area contributed by atoms with Crippen molar-refractivity contribution in [3.8, 4) is 0 Å². The maximum absolute atomic E-state index is 12.0.